The Bertz CT molecular complexity index is 475. The summed E-state index contributed by atoms with van der Waals surface area (Å²) < 4.78 is 0. The number of nitrogens with zero attached hydrogens (tertiary/aromatic N) is 1. The quantitative estimate of drug-likeness (QED) is 0.815. The third-order valence-electron chi connectivity index (χ3n) is 3.80. The molecule has 0 saturated carbocycles. The molecule has 5 heteroatoms. The predicted octanol–water partition coefficient (Wildman–Crippen LogP) is 2.05. The van der Waals surface area contributed by atoms with Crippen LogP contribution in [0.3, 0.4) is 0 Å². The van der Waals surface area contributed by atoms with Crippen LogP contribution >= 0.6 is 0 Å². The number of carbonyl (C=O) groups excluding carboxylic acids is 1. The van der Waals surface area contributed by atoms with Gasteiger partial charge in [-0.15, -0.1) is 0 Å². The average Bonchev–Trinajstić information content (AvgIpc) is 2.69. The first-order valence-corrected chi connectivity index (χ1v) is 7.48. The van der Waals surface area contributed by atoms with E-state index < -0.39 is 5.97 Å². The van der Waals surface area contributed by atoms with Gasteiger partial charge in [-0.1, -0.05) is 24.3 Å². The van der Waals surface area contributed by atoms with Crippen molar-refractivity contribution in [1.82, 2.24) is 10.2 Å². The van der Waals surface area contributed by atoms with Crippen molar-refractivity contribution in [2.45, 2.75) is 32.1 Å². The fourth-order valence-electron chi connectivity index (χ4n) is 2.58. The minimum atomic E-state index is -0.786. The molecule has 0 radical (unpaired) electrons. The molecule has 0 unspecified atom stereocenters. The van der Waals surface area contributed by atoms with Crippen LogP contribution in [0.25, 0.3) is 0 Å². The summed E-state index contributed by atoms with van der Waals surface area (Å²) in [5.41, 5.74) is 2.66. The maximum absolute atomic E-state index is 12.1. The molecule has 5 nitrogen and oxygen atoms in total. The summed E-state index contributed by atoms with van der Waals surface area (Å²) >= 11 is 0. The third kappa shape index (κ3) is 4.77. The van der Waals surface area contributed by atoms with Crippen molar-refractivity contribution >= 4 is 12.0 Å². The van der Waals surface area contributed by atoms with E-state index >= 15 is 0 Å². The zero-order chi connectivity index (χ0) is 15.1. The molecule has 0 spiro atoms. The van der Waals surface area contributed by atoms with Crippen molar-refractivity contribution in [2.24, 2.45) is 0 Å². The Balaban J connectivity index is 1.73. The van der Waals surface area contributed by atoms with E-state index in [0.717, 1.165) is 25.9 Å². The molecule has 0 bridgehead atoms. The molecule has 0 aromatic heterocycles. The Morgan fingerprint density at radius 1 is 1.10 bits per heavy atom. The highest BCUT2D eigenvalue weighted by Gasteiger charge is 2.17. The first-order chi connectivity index (χ1) is 10.2. The summed E-state index contributed by atoms with van der Waals surface area (Å²) in [6, 6.07) is 8.29. The fraction of sp³-hybridized carbons (Fsp3) is 0.500. The van der Waals surface area contributed by atoms with Crippen LogP contribution in [0.15, 0.2) is 24.3 Å². The van der Waals surface area contributed by atoms with Crippen molar-refractivity contribution in [3.63, 3.8) is 0 Å². The number of rotatable bonds is 5. The Morgan fingerprint density at radius 2 is 1.71 bits per heavy atom. The molecule has 1 aromatic carbocycles. The number of hydrogen-bond acceptors (Lipinski definition) is 2. The van der Waals surface area contributed by atoms with Gasteiger partial charge < -0.3 is 15.3 Å². The number of carboxylic acids is 1. The van der Waals surface area contributed by atoms with Gasteiger partial charge in [0.2, 0.25) is 0 Å². The Kier molecular flexibility index (Phi) is 5.60. The van der Waals surface area contributed by atoms with E-state index in [4.69, 9.17) is 5.11 Å². The van der Waals surface area contributed by atoms with Crippen molar-refractivity contribution in [1.29, 1.82) is 0 Å². The van der Waals surface area contributed by atoms with Gasteiger partial charge in [0.1, 0.15) is 0 Å². The summed E-state index contributed by atoms with van der Waals surface area (Å²) in [6.07, 6.45) is 3.24. The molecule has 2 rings (SSSR count). The molecule has 1 aliphatic rings. The van der Waals surface area contributed by atoms with Gasteiger partial charge in [-0.25, -0.2) is 4.79 Å². The molecule has 0 saturated heterocycles. The number of aliphatic carboxylic acids is 1. The van der Waals surface area contributed by atoms with Crippen LogP contribution in [0.1, 0.15) is 30.4 Å². The van der Waals surface area contributed by atoms with E-state index in [1.807, 2.05) is 17.0 Å². The fourth-order valence-corrected chi connectivity index (χ4v) is 2.58. The Hall–Kier alpha value is -2.04. The summed E-state index contributed by atoms with van der Waals surface area (Å²) in [7, 11) is 0. The number of nitrogens with one attached hydrogen (secondary N) is 1. The molecule has 0 atom stereocenters. The van der Waals surface area contributed by atoms with Crippen molar-refractivity contribution < 1.29 is 14.7 Å². The van der Waals surface area contributed by atoms with Crippen LogP contribution < -0.4 is 5.32 Å². The Morgan fingerprint density at radius 3 is 2.29 bits per heavy atom. The van der Waals surface area contributed by atoms with Crippen LogP contribution in [0.2, 0.25) is 0 Å². The molecule has 21 heavy (non-hydrogen) atoms. The summed E-state index contributed by atoms with van der Waals surface area (Å²) in [5.74, 6) is -0.786. The van der Waals surface area contributed by atoms with Gasteiger partial charge in [-0.3, -0.25) is 4.79 Å². The number of hydrogen-bond donors (Lipinski definition) is 2. The van der Waals surface area contributed by atoms with Crippen molar-refractivity contribution in [3.8, 4) is 0 Å². The first kappa shape index (κ1) is 15.4. The van der Waals surface area contributed by atoms with E-state index in [-0.39, 0.29) is 12.5 Å². The molecule has 2 amide bonds. The first-order valence-electron chi connectivity index (χ1n) is 7.48. The van der Waals surface area contributed by atoms with Gasteiger partial charge in [-0.2, -0.15) is 0 Å². The van der Waals surface area contributed by atoms with Gasteiger partial charge >= 0.3 is 12.0 Å². The van der Waals surface area contributed by atoms with E-state index in [9.17, 15) is 9.59 Å². The van der Waals surface area contributed by atoms with Crippen LogP contribution in [-0.4, -0.2) is 41.6 Å². The van der Waals surface area contributed by atoms with E-state index in [1.165, 1.54) is 11.1 Å². The van der Waals surface area contributed by atoms with Gasteiger partial charge in [0.05, 0.1) is 0 Å². The lowest BCUT2D eigenvalue weighted by Crippen LogP contribution is -2.41. The highest BCUT2D eigenvalue weighted by molar-refractivity contribution is 5.74. The summed E-state index contributed by atoms with van der Waals surface area (Å²) in [5, 5.41) is 11.4. The third-order valence-corrected chi connectivity index (χ3v) is 3.80. The standard InChI is InChI=1S/C16H22N2O3/c19-15(20)7-3-4-10-17-16(21)18-11-8-13-5-1-2-6-14(13)9-12-18/h1-2,5-6H,3-4,7-12H2,(H,17,21)(H,19,20). The summed E-state index contributed by atoms with van der Waals surface area (Å²) in [6.45, 7) is 2.01. The highest BCUT2D eigenvalue weighted by Crippen LogP contribution is 2.15. The van der Waals surface area contributed by atoms with Gasteiger partial charge in [-0.05, 0) is 36.8 Å². The molecule has 0 fully saturated rings. The van der Waals surface area contributed by atoms with Crippen LogP contribution in [0.5, 0.6) is 0 Å². The summed E-state index contributed by atoms with van der Waals surface area (Å²) in [4.78, 5) is 24.3. The van der Waals surface area contributed by atoms with Crippen LogP contribution in [0.4, 0.5) is 4.79 Å². The lowest BCUT2D eigenvalue weighted by molar-refractivity contribution is -0.137. The van der Waals surface area contributed by atoms with Gasteiger partial charge in [0.15, 0.2) is 0 Å². The second-order valence-corrected chi connectivity index (χ2v) is 5.34. The monoisotopic (exact) mass is 290 g/mol. The molecule has 114 valence electrons. The largest absolute Gasteiger partial charge is 0.481 e. The molecule has 2 N–H and O–H groups in total. The number of fused-ring (bicyclic) bond motifs is 1. The number of urea groups is 1. The Labute approximate surface area is 125 Å². The van der Waals surface area contributed by atoms with E-state index in [0.29, 0.717) is 19.4 Å². The second kappa shape index (κ2) is 7.67. The maximum atomic E-state index is 12.1. The maximum Gasteiger partial charge on any atom is 0.317 e. The minimum Gasteiger partial charge on any atom is -0.481 e. The molecule has 1 aliphatic heterocycles. The predicted molar refractivity (Wildman–Crippen MR) is 80.3 cm³/mol. The smallest absolute Gasteiger partial charge is 0.317 e. The molecular weight excluding hydrogens is 268 g/mol. The lowest BCUT2D eigenvalue weighted by atomic mass is 10.0. The number of benzene rings is 1. The minimum absolute atomic E-state index is 0.0434. The van der Waals surface area contributed by atoms with Crippen LogP contribution in [0, 0.1) is 0 Å². The topological polar surface area (TPSA) is 69.6 Å². The van der Waals surface area contributed by atoms with Crippen molar-refractivity contribution in [2.75, 3.05) is 19.6 Å². The van der Waals surface area contributed by atoms with Gasteiger partial charge in [0.25, 0.3) is 0 Å². The number of unbranched alkanes of at least 4 members (excludes halogenated alkanes) is 1. The molecule has 1 aromatic rings. The lowest BCUT2D eigenvalue weighted by Gasteiger charge is -2.20. The zero-order valence-corrected chi connectivity index (χ0v) is 12.2. The highest BCUT2D eigenvalue weighted by atomic mass is 16.4. The van der Waals surface area contributed by atoms with E-state index in [2.05, 4.69) is 17.4 Å². The van der Waals surface area contributed by atoms with Gasteiger partial charge in [0, 0.05) is 26.1 Å². The normalized spacial score (nSPS) is 14.2. The van der Waals surface area contributed by atoms with Crippen LogP contribution in [-0.2, 0) is 17.6 Å². The number of carboxylic acid groups (broad SMARTS) is 1. The number of carbonyl (C=O) groups is 2. The molecule has 1 heterocycles. The molecular formula is C16H22N2O3. The van der Waals surface area contributed by atoms with E-state index in [1.54, 1.807) is 0 Å². The zero-order valence-electron chi connectivity index (χ0n) is 12.2. The number of amides is 2. The SMILES string of the molecule is O=C(O)CCCCNC(=O)N1CCc2ccccc2CC1. The average molecular weight is 290 g/mol. The van der Waals surface area contributed by atoms with Crippen molar-refractivity contribution in [3.05, 3.63) is 35.4 Å². The molecule has 0 aliphatic carbocycles. The second-order valence-electron chi connectivity index (χ2n) is 5.34.